The minimum atomic E-state index is -4.07. The van der Waals surface area contributed by atoms with Gasteiger partial charge in [-0.05, 0) is 61.9 Å². The summed E-state index contributed by atoms with van der Waals surface area (Å²) < 4.78 is 39.1. The fourth-order valence-electron chi connectivity index (χ4n) is 3.33. The molecule has 0 spiro atoms. The zero-order chi connectivity index (χ0) is 23.0. The number of carbonyl (C=O) groups excluding carboxylic acids is 1. The largest absolute Gasteiger partial charge is 0.494 e. The fraction of sp³-hybridized carbons (Fsp3) is 0.174. The molecule has 1 aliphatic heterocycles. The van der Waals surface area contributed by atoms with Gasteiger partial charge in [-0.2, -0.15) is 0 Å². The number of fused-ring (bicyclic) bond motifs is 2. The normalized spacial score (nSPS) is 12.7. The molecule has 0 bridgehead atoms. The van der Waals surface area contributed by atoms with Crippen LogP contribution in [0.1, 0.15) is 22.8 Å². The van der Waals surface area contributed by atoms with Gasteiger partial charge < -0.3 is 14.8 Å². The van der Waals surface area contributed by atoms with Gasteiger partial charge in [-0.25, -0.2) is 8.42 Å². The first kappa shape index (κ1) is 22.0. The van der Waals surface area contributed by atoms with E-state index in [1.807, 2.05) is 19.9 Å². The van der Waals surface area contributed by atoms with Gasteiger partial charge >= 0.3 is 0 Å². The Bertz CT molecular complexity index is 1310. The van der Waals surface area contributed by atoms with Gasteiger partial charge in [0.15, 0.2) is 5.75 Å². The van der Waals surface area contributed by atoms with Crippen molar-refractivity contribution in [2.75, 3.05) is 23.3 Å². The lowest BCUT2D eigenvalue weighted by molar-refractivity contribution is 0.102. The molecule has 0 aliphatic carbocycles. The number of nitrogens with zero attached hydrogens (tertiary/aromatic N) is 1. The highest BCUT2D eigenvalue weighted by Crippen LogP contribution is 2.40. The number of aryl methyl sites for hydroxylation is 1. The number of nitrogens with one attached hydrogen (secondary N) is 1. The van der Waals surface area contributed by atoms with Crippen molar-refractivity contribution in [3.63, 3.8) is 0 Å². The Morgan fingerprint density at radius 3 is 2.47 bits per heavy atom. The third-order valence-corrected chi connectivity index (χ3v) is 7.28. The Kier molecular flexibility index (Phi) is 5.75. The summed E-state index contributed by atoms with van der Waals surface area (Å²) in [5.74, 6) is 0.781. The Morgan fingerprint density at radius 1 is 1.06 bits per heavy atom. The summed E-state index contributed by atoms with van der Waals surface area (Å²) >= 11 is 6.37. The first-order chi connectivity index (χ1) is 15.2. The Labute approximate surface area is 191 Å². The number of anilines is 2. The maximum Gasteiger partial charge on any atom is 0.265 e. The van der Waals surface area contributed by atoms with Gasteiger partial charge in [0, 0.05) is 13.1 Å². The maximum atomic E-state index is 13.3. The van der Waals surface area contributed by atoms with Crippen LogP contribution >= 0.6 is 11.6 Å². The van der Waals surface area contributed by atoms with Gasteiger partial charge in [0.25, 0.3) is 15.9 Å². The summed E-state index contributed by atoms with van der Waals surface area (Å²) in [6.07, 6.45) is 0. The zero-order valence-electron chi connectivity index (χ0n) is 17.7. The van der Waals surface area contributed by atoms with Gasteiger partial charge in [-0.1, -0.05) is 17.7 Å². The van der Waals surface area contributed by atoms with E-state index >= 15 is 0 Å². The molecule has 1 amide bonds. The average Bonchev–Trinajstić information content (AvgIpc) is 2.88. The fourth-order valence-corrected chi connectivity index (χ4v) is 5.04. The molecule has 1 heterocycles. The van der Waals surface area contributed by atoms with Crippen molar-refractivity contribution in [2.45, 2.75) is 18.7 Å². The van der Waals surface area contributed by atoms with Crippen molar-refractivity contribution in [2.24, 2.45) is 0 Å². The summed E-state index contributed by atoms with van der Waals surface area (Å²) in [5, 5.41) is 2.70. The van der Waals surface area contributed by atoms with Crippen LogP contribution in [0, 0.1) is 6.92 Å². The van der Waals surface area contributed by atoms with Crippen molar-refractivity contribution in [3.05, 3.63) is 70.7 Å². The number of hydrogen-bond acceptors (Lipinski definition) is 5. The molecule has 0 radical (unpaired) electrons. The van der Waals surface area contributed by atoms with Crippen LogP contribution in [0.2, 0.25) is 5.02 Å². The number of halogens is 1. The minimum Gasteiger partial charge on any atom is -0.494 e. The van der Waals surface area contributed by atoms with E-state index < -0.39 is 15.9 Å². The van der Waals surface area contributed by atoms with E-state index in [0.29, 0.717) is 29.5 Å². The predicted molar refractivity (Wildman–Crippen MR) is 124 cm³/mol. The predicted octanol–water partition coefficient (Wildman–Crippen LogP) is 5.23. The highest BCUT2D eigenvalue weighted by Gasteiger charge is 2.29. The van der Waals surface area contributed by atoms with E-state index in [1.165, 1.54) is 19.2 Å². The molecule has 0 fully saturated rings. The van der Waals surface area contributed by atoms with Gasteiger partial charge in [0.05, 0.1) is 28.6 Å². The summed E-state index contributed by atoms with van der Waals surface area (Å²) in [6.45, 7) is 4.27. The lowest BCUT2D eigenvalue weighted by atomic mass is 10.2. The van der Waals surface area contributed by atoms with Crippen molar-refractivity contribution in [1.29, 1.82) is 0 Å². The third-order valence-electron chi connectivity index (χ3n) is 5.03. The molecule has 32 heavy (non-hydrogen) atoms. The third kappa shape index (κ3) is 3.99. The van der Waals surface area contributed by atoms with Crippen LogP contribution in [0.3, 0.4) is 0 Å². The van der Waals surface area contributed by atoms with Crippen LogP contribution in [0.5, 0.6) is 17.2 Å². The molecule has 166 valence electrons. The van der Waals surface area contributed by atoms with Crippen molar-refractivity contribution < 1.29 is 22.7 Å². The molecule has 4 rings (SSSR count). The van der Waals surface area contributed by atoms with Crippen LogP contribution < -0.4 is 19.1 Å². The first-order valence-electron chi connectivity index (χ1n) is 9.86. The van der Waals surface area contributed by atoms with E-state index in [2.05, 4.69) is 5.32 Å². The number of amides is 1. The number of benzene rings is 3. The summed E-state index contributed by atoms with van der Waals surface area (Å²) in [4.78, 5) is 12.6. The van der Waals surface area contributed by atoms with E-state index in [0.717, 1.165) is 9.87 Å². The molecule has 1 aliphatic rings. The SMILES string of the molecule is CCOc1ccc(N(C)S(=O)(=O)c2cc3c(cc2Cl)Oc2cc(C)ccc2NC3=O)cc1. The molecule has 3 aromatic carbocycles. The molecular weight excluding hydrogens is 452 g/mol. The lowest BCUT2D eigenvalue weighted by Gasteiger charge is -2.21. The monoisotopic (exact) mass is 472 g/mol. The Morgan fingerprint density at radius 2 is 1.78 bits per heavy atom. The van der Waals surface area contributed by atoms with Gasteiger partial charge in [-0.15, -0.1) is 0 Å². The molecule has 0 saturated heterocycles. The lowest BCUT2D eigenvalue weighted by Crippen LogP contribution is -2.27. The molecule has 7 nitrogen and oxygen atoms in total. The van der Waals surface area contributed by atoms with Gasteiger partial charge in [0.2, 0.25) is 0 Å². The molecular formula is C23H21ClN2O5S. The second-order valence-corrected chi connectivity index (χ2v) is 9.58. The van der Waals surface area contributed by atoms with Crippen LogP contribution in [0.15, 0.2) is 59.5 Å². The van der Waals surface area contributed by atoms with E-state index in [9.17, 15) is 13.2 Å². The van der Waals surface area contributed by atoms with Gasteiger partial charge in [-0.3, -0.25) is 9.10 Å². The minimum absolute atomic E-state index is 0.0505. The molecule has 0 atom stereocenters. The Hall–Kier alpha value is -3.23. The smallest absolute Gasteiger partial charge is 0.265 e. The van der Waals surface area contributed by atoms with Crippen LogP contribution in [0.4, 0.5) is 11.4 Å². The van der Waals surface area contributed by atoms with E-state index in [4.69, 9.17) is 21.1 Å². The van der Waals surface area contributed by atoms with E-state index in [1.54, 1.807) is 36.4 Å². The van der Waals surface area contributed by atoms with Gasteiger partial charge in [0.1, 0.15) is 16.4 Å². The molecule has 0 aromatic heterocycles. The van der Waals surface area contributed by atoms with E-state index in [-0.39, 0.29) is 21.2 Å². The summed E-state index contributed by atoms with van der Waals surface area (Å²) in [7, 11) is -2.65. The average molecular weight is 473 g/mol. The quantitative estimate of drug-likeness (QED) is 0.549. The topological polar surface area (TPSA) is 84.9 Å². The highest BCUT2D eigenvalue weighted by atomic mass is 35.5. The molecule has 0 saturated carbocycles. The molecule has 0 unspecified atom stereocenters. The molecule has 1 N–H and O–H groups in total. The van der Waals surface area contributed by atoms with Crippen LogP contribution in [-0.2, 0) is 10.0 Å². The summed E-state index contributed by atoms with van der Waals surface area (Å²) in [6, 6.07) is 14.6. The number of hydrogen-bond donors (Lipinski definition) is 1. The summed E-state index contributed by atoms with van der Waals surface area (Å²) in [5.41, 5.74) is 1.93. The number of sulfonamides is 1. The second-order valence-electron chi connectivity index (χ2n) is 7.23. The number of rotatable bonds is 5. The van der Waals surface area contributed by atoms with Crippen LogP contribution in [-0.4, -0.2) is 28.0 Å². The maximum absolute atomic E-state index is 13.3. The molecule has 9 heteroatoms. The number of carbonyl (C=O) groups is 1. The highest BCUT2D eigenvalue weighted by molar-refractivity contribution is 7.93. The Balaban J connectivity index is 1.73. The van der Waals surface area contributed by atoms with Crippen molar-refractivity contribution in [3.8, 4) is 17.2 Å². The number of ether oxygens (including phenoxy) is 2. The van der Waals surface area contributed by atoms with Crippen LogP contribution in [0.25, 0.3) is 0 Å². The second kappa shape index (κ2) is 8.37. The van der Waals surface area contributed by atoms with Crippen molar-refractivity contribution >= 4 is 38.9 Å². The first-order valence-corrected chi connectivity index (χ1v) is 11.7. The standard InChI is InChI=1S/C23H21ClN2O5S/c1-4-30-16-8-6-15(7-9-16)26(3)32(28,29)22-12-17-20(13-18(22)24)31-21-11-14(2)5-10-19(21)25-23(17)27/h5-13H,4H2,1-3H3,(H,25,27). The van der Waals surface area contributed by atoms with Crippen molar-refractivity contribution in [1.82, 2.24) is 0 Å². The zero-order valence-corrected chi connectivity index (χ0v) is 19.3. The molecule has 3 aromatic rings.